The number of hydrogen-bond donors (Lipinski definition) is 2. The molecule has 27 heavy (non-hydrogen) atoms. The number of hydrogen-bond acceptors (Lipinski definition) is 4. The molecular weight excluding hydrogens is 336 g/mol. The molecule has 0 radical (unpaired) electrons. The van der Waals surface area contributed by atoms with Crippen LogP contribution in [0.25, 0.3) is 10.9 Å². The summed E-state index contributed by atoms with van der Waals surface area (Å²) in [5.74, 6) is 0.659. The lowest BCUT2D eigenvalue weighted by atomic mass is 10.1. The Kier molecular flexibility index (Phi) is 5.28. The van der Waals surface area contributed by atoms with Crippen LogP contribution in [0.15, 0.2) is 54.9 Å². The minimum Gasteiger partial charge on any atom is -0.367 e. The summed E-state index contributed by atoms with van der Waals surface area (Å²) in [6, 6.07) is 13.8. The monoisotopic (exact) mass is 360 g/mol. The number of nitrogens with zero attached hydrogens (tertiary/aromatic N) is 2. The lowest BCUT2D eigenvalue weighted by molar-refractivity contribution is 0.102. The fourth-order valence-corrected chi connectivity index (χ4v) is 3.65. The largest absolute Gasteiger partial charge is 0.367 e. The van der Waals surface area contributed by atoms with Gasteiger partial charge in [-0.3, -0.25) is 9.78 Å². The molecule has 0 aliphatic heterocycles. The van der Waals surface area contributed by atoms with Crippen LogP contribution in [0.4, 0.5) is 11.5 Å². The second-order valence-corrected chi connectivity index (χ2v) is 7.10. The summed E-state index contributed by atoms with van der Waals surface area (Å²) in [5, 5.41) is 7.45. The highest BCUT2D eigenvalue weighted by Crippen LogP contribution is 2.22. The minimum absolute atomic E-state index is 0.179. The van der Waals surface area contributed by atoms with E-state index in [4.69, 9.17) is 0 Å². The molecule has 5 nitrogen and oxygen atoms in total. The molecule has 1 fully saturated rings. The number of amides is 1. The second-order valence-electron chi connectivity index (χ2n) is 7.10. The number of rotatable bonds is 4. The molecule has 138 valence electrons. The summed E-state index contributed by atoms with van der Waals surface area (Å²) in [5.41, 5.74) is 2.03. The molecule has 2 aromatic heterocycles. The van der Waals surface area contributed by atoms with Crippen LogP contribution in [-0.2, 0) is 0 Å². The van der Waals surface area contributed by atoms with E-state index in [9.17, 15) is 4.79 Å². The van der Waals surface area contributed by atoms with Crippen LogP contribution in [0.1, 0.15) is 48.9 Å². The van der Waals surface area contributed by atoms with Gasteiger partial charge in [0.05, 0.1) is 16.8 Å². The van der Waals surface area contributed by atoms with Crippen molar-refractivity contribution in [1.29, 1.82) is 0 Å². The van der Waals surface area contributed by atoms with Gasteiger partial charge in [0.25, 0.3) is 5.91 Å². The Bertz CT molecular complexity index is 910. The van der Waals surface area contributed by atoms with Crippen LogP contribution in [0.5, 0.6) is 0 Å². The number of carbonyl (C=O) groups is 1. The van der Waals surface area contributed by atoms with Crippen molar-refractivity contribution < 1.29 is 4.79 Å². The van der Waals surface area contributed by atoms with Crippen LogP contribution in [0.3, 0.4) is 0 Å². The zero-order valence-electron chi connectivity index (χ0n) is 15.3. The Morgan fingerprint density at radius 3 is 2.52 bits per heavy atom. The van der Waals surface area contributed by atoms with Gasteiger partial charge < -0.3 is 10.6 Å². The van der Waals surface area contributed by atoms with Gasteiger partial charge in [0.2, 0.25) is 0 Å². The lowest BCUT2D eigenvalue weighted by Gasteiger charge is -2.17. The summed E-state index contributed by atoms with van der Waals surface area (Å²) < 4.78 is 0. The molecule has 5 heteroatoms. The van der Waals surface area contributed by atoms with Crippen molar-refractivity contribution in [2.75, 3.05) is 10.6 Å². The quantitative estimate of drug-likeness (QED) is 0.641. The molecule has 1 aliphatic rings. The van der Waals surface area contributed by atoms with E-state index in [-0.39, 0.29) is 5.91 Å². The molecule has 1 saturated carbocycles. The van der Waals surface area contributed by atoms with Crippen molar-refractivity contribution in [2.45, 2.75) is 44.6 Å². The van der Waals surface area contributed by atoms with Gasteiger partial charge in [-0.25, -0.2) is 4.98 Å². The Hall–Kier alpha value is -2.95. The Labute approximate surface area is 159 Å². The molecule has 3 aromatic rings. The van der Waals surface area contributed by atoms with Gasteiger partial charge in [-0.15, -0.1) is 0 Å². The molecule has 0 spiro atoms. The van der Waals surface area contributed by atoms with Gasteiger partial charge in [-0.2, -0.15) is 0 Å². The van der Waals surface area contributed by atoms with E-state index in [1.807, 2.05) is 42.5 Å². The third-order valence-corrected chi connectivity index (χ3v) is 5.11. The van der Waals surface area contributed by atoms with E-state index in [1.54, 1.807) is 12.4 Å². The maximum Gasteiger partial charge on any atom is 0.257 e. The molecule has 2 heterocycles. The van der Waals surface area contributed by atoms with Crippen molar-refractivity contribution in [2.24, 2.45) is 0 Å². The number of benzene rings is 1. The highest BCUT2D eigenvalue weighted by molar-refractivity contribution is 6.08. The molecular formula is C22H24N4O. The summed E-state index contributed by atoms with van der Waals surface area (Å²) in [7, 11) is 0. The molecule has 1 aromatic carbocycles. The molecule has 1 amide bonds. The maximum absolute atomic E-state index is 12.6. The fourth-order valence-electron chi connectivity index (χ4n) is 3.65. The second kappa shape index (κ2) is 8.16. The average Bonchev–Trinajstić information content (AvgIpc) is 2.97. The van der Waals surface area contributed by atoms with Crippen molar-refractivity contribution in [3.05, 3.63) is 60.4 Å². The summed E-state index contributed by atoms with van der Waals surface area (Å²) in [4.78, 5) is 21.4. The van der Waals surface area contributed by atoms with E-state index in [0.29, 0.717) is 17.3 Å². The van der Waals surface area contributed by atoms with E-state index < -0.39 is 0 Å². The first-order valence-electron chi connectivity index (χ1n) is 9.67. The maximum atomic E-state index is 12.6. The van der Waals surface area contributed by atoms with Gasteiger partial charge in [0.15, 0.2) is 0 Å². The molecule has 0 atom stereocenters. The van der Waals surface area contributed by atoms with E-state index >= 15 is 0 Å². The zero-order chi connectivity index (χ0) is 18.5. The predicted molar refractivity (Wildman–Crippen MR) is 109 cm³/mol. The van der Waals surface area contributed by atoms with Crippen LogP contribution < -0.4 is 10.6 Å². The Balaban J connectivity index is 1.44. The molecule has 0 bridgehead atoms. The van der Waals surface area contributed by atoms with Gasteiger partial charge in [0, 0.05) is 23.8 Å². The number of para-hydroxylation sites is 1. The predicted octanol–water partition coefficient (Wildman–Crippen LogP) is 5.02. The van der Waals surface area contributed by atoms with Gasteiger partial charge in [-0.1, -0.05) is 43.9 Å². The molecule has 1 aliphatic carbocycles. The van der Waals surface area contributed by atoms with Crippen LogP contribution in [-0.4, -0.2) is 21.9 Å². The highest BCUT2D eigenvalue weighted by atomic mass is 16.1. The van der Waals surface area contributed by atoms with Crippen molar-refractivity contribution in [3.8, 4) is 0 Å². The van der Waals surface area contributed by atoms with Gasteiger partial charge >= 0.3 is 0 Å². The third kappa shape index (κ3) is 4.25. The molecule has 0 unspecified atom stereocenters. The first-order valence-corrected chi connectivity index (χ1v) is 9.67. The minimum atomic E-state index is -0.179. The van der Waals surface area contributed by atoms with E-state index in [2.05, 4.69) is 20.6 Å². The zero-order valence-corrected chi connectivity index (χ0v) is 15.3. The average molecular weight is 360 g/mol. The standard InChI is InChI=1S/C22H24N4O/c27-22(26-19-11-5-7-16-8-6-14-23-21(16)19)17-12-13-20(24-15-17)25-18-9-3-1-2-4-10-18/h5-8,11-15,18H,1-4,9-10H2,(H,24,25)(H,26,27). The first-order chi connectivity index (χ1) is 13.3. The number of pyridine rings is 2. The summed E-state index contributed by atoms with van der Waals surface area (Å²) >= 11 is 0. The summed E-state index contributed by atoms with van der Waals surface area (Å²) in [6.07, 6.45) is 11.0. The Morgan fingerprint density at radius 2 is 1.74 bits per heavy atom. The smallest absolute Gasteiger partial charge is 0.257 e. The fraction of sp³-hybridized carbons (Fsp3) is 0.318. The van der Waals surface area contributed by atoms with Crippen molar-refractivity contribution in [1.82, 2.24) is 9.97 Å². The summed E-state index contributed by atoms with van der Waals surface area (Å²) in [6.45, 7) is 0. The molecule has 2 N–H and O–H groups in total. The highest BCUT2D eigenvalue weighted by Gasteiger charge is 2.13. The first kappa shape index (κ1) is 17.5. The topological polar surface area (TPSA) is 66.9 Å². The Morgan fingerprint density at radius 1 is 0.926 bits per heavy atom. The normalized spacial score (nSPS) is 15.3. The SMILES string of the molecule is O=C(Nc1cccc2cccnc12)c1ccc(NC2CCCCCC2)nc1. The number of aromatic nitrogens is 2. The van der Waals surface area contributed by atoms with Crippen molar-refractivity contribution >= 4 is 28.3 Å². The molecule has 4 rings (SSSR count). The lowest BCUT2D eigenvalue weighted by Crippen LogP contribution is -2.19. The third-order valence-electron chi connectivity index (χ3n) is 5.11. The van der Waals surface area contributed by atoms with Gasteiger partial charge in [-0.05, 0) is 37.1 Å². The van der Waals surface area contributed by atoms with E-state index in [1.165, 1.54) is 38.5 Å². The number of anilines is 2. The number of nitrogens with one attached hydrogen (secondary N) is 2. The number of carbonyl (C=O) groups excluding carboxylic acids is 1. The molecule has 0 saturated heterocycles. The van der Waals surface area contributed by atoms with Crippen LogP contribution in [0, 0.1) is 0 Å². The van der Waals surface area contributed by atoms with Crippen LogP contribution >= 0.6 is 0 Å². The van der Waals surface area contributed by atoms with Crippen molar-refractivity contribution in [3.63, 3.8) is 0 Å². The number of fused-ring (bicyclic) bond motifs is 1. The van der Waals surface area contributed by atoms with Gasteiger partial charge in [0.1, 0.15) is 5.82 Å². The van der Waals surface area contributed by atoms with E-state index in [0.717, 1.165) is 16.7 Å². The van der Waals surface area contributed by atoms with Crippen LogP contribution in [0.2, 0.25) is 0 Å².